The highest BCUT2D eigenvalue weighted by atomic mass is 16.5. The number of hydrogen-bond acceptors (Lipinski definition) is 6. The molecule has 0 radical (unpaired) electrons. The SMILES string of the molecule is CCn1c(Cn2cccn2)nnc1C1CCN(Cc2cc(OC)ccn2)CC1. The summed E-state index contributed by atoms with van der Waals surface area (Å²) >= 11 is 0. The molecule has 0 aromatic carbocycles. The number of nitrogens with zero attached hydrogens (tertiary/aromatic N) is 7. The molecule has 0 atom stereocenters. The third kappa shape index (κ3) is 4.06. The first-order valence-corrected chi connectivity index (χ1v) is 9.87. The van der Waals surface area contributed by atoms with Crippen LogP contribution in [-0.2, 0) is 19.6 Å². The Kier molecular flexibility index (Phi) is 5.66. The van der Waals surface area contributed by atoms with Crippen LogP contribution in [-0.4, -0.2) is 54.6 Å². The highest BCUT2D eigenvalue weighted by Crippen LogP contribution is 2.28. The van der Waals surface area contributed by atoms with Crippen molar-refractivity contribution in [2.75, 3.05) is 20.2 Å². The van der Waals surface area contributed by atoms with Gasteiger partial charge in [-0.15, -0.1) is 10.2 Å². The number of ether oxygens (including phenoxy) is 1. The fourth-order valence-corrected chi connectivity index (χ4v) is 3.90. The van der Waals surface area contributed by atoms with Crippen LogP contribution in [0.3, 0.4) is 0 Å². The summed E-state index contributed by atoms with van der Waals surface area (Å²) in [5.41, 5.74) is 1.05. The van der Waals surface area contributed by atoms with Gasteiger partial charge in [-0.3, -0.25) is 14.6 Å². The van der Waals surface area contributed by atoms with Gasteiger partial charge >= 0.3 is 0 Å². The van der Waals surface area contributed by atoms with E-state index in [0.717, 1.165) is 62.1 Å². The van der Waals surface area contributed by atoms with Gasteiger partial charge in [-0.05, 0) is 45.0 Å². The topological polar surface area (TPSA) is 73.9 Å². The van der Waals surface area contributed by atoms with Crippen LogP contribution in [0.15, 0.2) is 36.8 Å². The van der Waals surface area contributed by atoms with Crippen molar-refractivity contribution < 1.29 is 4.74 Å². The molecule has 8 nitrogen and oxygen atoms in total. The Morgan fingerprint density at radius 3 is 2.71 bits per heavy atom. The average molecular weight is 381 g/mol. The molecule has 0 aliphatic carbocycles. The Morgan fingerprint density at radius 1 is 1.14 bits per heavy atom. The molecule has 3 aromatic heterocycles. The number of piperidine rings is 1. The molecule has 0 saturated carbocycles. The summed E-state index contributed by atoms with van der Waals surface area (Å²) in [5, 5.41) is 13.3. The highest BCUT2D eigenvalue weighted by Gasteiger charge is 2.26. The molecular formula is C20H27N7O. The lowest BCUT2D eigenvalue weighted by Gasteiger charge is -2.31. The quantitative estimate of drug-likeness (QED) is 0.625. The predicted octanol–water partition coefficient (Wildman–Crippen LogP) is 2.33. The van der Waals surface area contributed by atoms with Crippen LogP contribution in [0.1, 0.15) is 43.0 Å². The molecule has 1 saturated heterocycles. The Balaban J connectivity index is 1.39. The fourth-order valence-electron chi connectivity index (χ4n) is 3.90. The van der Waals surface area contributed by atoms with Crippen LogP contribution >= 0.6 is 0 Å². The van der Waals surface area contributed by atoms with Gasteiger partial charge in [-0.2, -0.15) is 5.10 Å². The summed E-state index contributed by atoms with van der Waals surface area (Å²) in [6.07, 6.45) is 7.74. The zero-order valence-electron chi connectivity index (χ0n) is 16.5. The van der Waals surface area contributed by atoms with Crippen molar-refractivity contribution in [2.45, 2.75) is 45.3 Å². The van der Waals surface area contributed by atoms with Gasteiger partial charge < -0.3 is 9.30 Å². The van der Waals surface area contributed by atoms with Gasteiger partial charge in [-0.1, -0.05) is 0 Å². The lowest BCUT2D eigenvalue weighted by molar-refractivity contribution is 0.197. The molecule has 0 spiro atoms. The van der Waals surface area contributed by atoms with Crippen molar-refractivity contribution in [1.29, 1.82) is 0 Å². The maximum atomic E-state index is 5.30. The second-order valence-corrected chi connectivity index (χ2v) is 7.16. The summed E-state index contributed by atoms with van der Waals surface area (Å²) in [4.78, 5) is 6.92. The normalized spacial score (nSPS) is 15.8. The Morgan fingerprint density at radius 2 is 2.00 bits per heavy atom. The Hall–Kier alpha value is -2.74. The minimum atomic E-state index is 0.452. The number of aromatic nitrogens is 6. The monoisotopic (exact) mass is 381 g/mol. The molecule has 0 unspecified atom stereocenters. The van der Waals surface area contributed by atoms with Gasteiger partial charge in [0.25, 0.3) is 0 Å². The van der Waals surface area contributed by atoms with E-state index in [4.69, 9.17) is 4.74 Å². The molecule has 1 fully saturated rings. The number of pyridine rings is 1. The minimum Gasteiger partial charge on any atom is -0.497 e. The second-order valence-electron chi connectivity index (χ2n) is 7.16. The zero-order valence-corrected chi connectivity index (χ0v) is 16.5. The van der Waals surface area contributed by atoms with Crippen molar-refractivity contribution >= 4 is 0 Å². The molecular weight excluding hydrogens is 354 g/mol. The van der Waals surface area contributed by atoms with Gasteiger partial charge in [0.15, 0.2) is 5.82 Å². The molecule has 3 aromatic rings. The van der Waals surface area contributed by atoms with Gasteiger partial charge in [0.05, 0.1) is 12.8 Å². The lowest BCUT2D eigenvalue weighted by atomic mass is 9.95. The summed E-state index contributed by atoms with van der Waals surface area (Å²) in [6, 6.07) is 5.83. The van der Waals surface area contributed by atoms with E-state index in [1.54, 1.807) is 13.3 Å². The van der Waals surface area contributed by atoms with Crippen molar-refractivity contribution in [3.05, 3.63) is 54.1 Å². The van der Waals surface area contributed by atoms with Crippen molar-refractivity contribution in [3.63, 3.8) is 0 Å². The molecule has 0 amide bonds. The van der Waals surface area contributed by atoms with Crippen LogP contribution < -0.4 is 4.74 Å². The zero-order chi connectivity index (χ0) is 19.3. The maximum absolute atomic E-state index is 5.30. The number of rotatable bonds is 7. The van der Waals surface area contributed by atoms with Crippen molar-refractivity contribution in [3.8, 4) is 5.75 Å². The van der Waals surface area contributed by atoms with Crippen LogP contribution in [0.4, 0.5) is 0 Å². The number of hydrogen-bond donors (Lipinski definition) is 0. The minimum absolute atomic E-state index is 0.452. The van der Waals surface area contributed by atoms with E-state index in [2.05, 4.69) is 36.7 Å². The van der Waals surface area contributed by atoms with Gasteiger partial charge in [0.1, 0.15) is 18.1 Å². The fraction of sp³-hybridized carbons (Fsp3) is 0.500. The summed E-state index contributed by atoms with van der Waals surface area (Å²) < 4.78 is 9.45. The van der Waals surface area contributed by atoms with Gasteiger partial charge in [-0.25, -0.2) is 0 Å². The van der Waals surface area contributed by atoms with E-state index in [0.29, 0.717) is 12.5 Å². The van der Waals surface area contributed by atoms with Gasteiger partial charge in [0.2, 0.25) is 0 Å². The highest BCUT2D eigenvalue weighted by molar-refractivity contribution is 5.22. The van der Waals surface area contributed by atoms with Crippen molar-refractivity contribution in [2.24, 2.45) is 0 Å². The summed E-state index contributed by atoms with van der Waals surface area (Å²) in [7, 11) is 1.69. The molecule has 4 heterocycles. The van der Waals surface area contributed by atoms with Crippen LogP contribution in [0.25, 0.3) is 0 Å². The number of likely N-dealkylation sites (tertiary alicyclic amines) is 1. The third-order valence-electron chi connectivity index (χ3n) is 5.40. The molecule has 1 aliphatic rings. The van der Waals surface area contributed by atoms with E-state index in [1.807, 2.05) is 35.3 Å². The largest absolute Gasteiger partial charge is 0.497 e. The van der Waals surface area contributed by atoms with E-state index in [-0.39, 0.29) is 0 Å². The van der Waals surface area contributed by atoms with E-state index in [1.165, 1.54) is 0 Å². The first-order chi connectivity index (χ1) is 13.8. The van der Waals surface area contributed by atoms with Crippen LogP contribution in [0, 0.1) is 0 Å². The molecule has 0 N–H and O–H groups in total. The van der Waals surface area contributed by atoms with E-state index < -0.39 is 0 Å². The first-order valence-electron chi connectivity index (χ1n) is 9.87. The van der Waals surface area contributed by atoms with Crippen LogP contribution in [0.2, 0.25) is 0 Å². The molecule has 0 bridgehead atoms. The Labute approximate surface area is 165 Å². The molecule has 1 aliphatic heterocycles. The molecule has 8 heteroatoms. The van der Waals surface area contributed by atoms with Crippen molar-refractivity contribution in [1.82, 2.24) is 34.4 Å². The standard InChI is InChI=1S/C20H27N7O/c1-3-27-19(15-26-10-4-8-22-26)23-24-20(27)16-6-11-25(12-7-16)14-17-13-18(28-2)5-9-21-17/h4-5,8-10,13,16H,3,6-7,11-12,14-15H2,1-2H3. The third-order valence-corrected chi connectivity index (χ3v) is 5.40. The lowest BCUT2D eigenvalue weighted by Crippen LogP contribution is -2.33. The second kappa shape index (κ2) is 8.52. The Bertz CT molecular complexity index is 882. The van der Waals surface area contributed by atoms with E-state index >= 15 is 0 Å². The smallest absolute Gasteiger partial charge is 0.154 e. The maximum Gasteiger partial charge on any atom is 0.154 e. The average Bonchev–Trinajstić information content (AvgIpc) is 3.39. The number of methoxy groups -OCH3 is 1. The molecule has 148 valence electrons. The van der Waals surface area contributed by atoms with Gasteiger partial charge in [0, 0.05) is 43.7 Å². The van der Waals surface area contributed by atoms with Crippen LogP contribution in [0.5, 0.6) is 5.75 Å². The predicted molar refractivity (Wildman–Crippen MR) is 105 cm³/mol. The first kappa shape index (κ1) is 18.6. The van der Waals surface area contributed by atoms with E-state index in [9.17, 15) is 0 Å². The molecule has 4 rings (SSSR count). The molecule has 28 heavy (non-hydrogen) atoms. The summed E-state index contributed by atoms with van der Waals surface area (Å²) in [6.45, 7) is 6.63. The summed E-state index contributed by atoms with van der Waals surface area (Å²) in [5.74, 6) is 3.40.